The Balaban J connectivity index is 2.50. The molecule has 1 aromatic carbocycles. The maximum Gasteiger partial charge on any atom is 0.127 e. The van der Waals surface area contributed by atoms with E-state index < -0.39 is 0 Å². The van der Waals surface area contributed by atoms with Crippen LogP contribution in [-0.2, 0) is 18.4 Å². The largest absolute Gasteiger partial charge is 0.312 e. The van der Waals surface area contributed by atoms with Crippen molar-refractivity contribution in [3.63, 3.8) is 0 Å². The third kappa shape index (κ3) is 2.05. The fraction of sp³-hybridized carbons (Fsp3) is 0.538. The molecular formula is C13H18FN. The van der Waals surface area contributed by atoms with Gasteiger partial charge >= 0.3 is 0 Å². The monoisotopic (exact) mass is 207 g/mol. The van der Waals surface area contributed by atoms with E-state index in [1.54, 1.807) is 6.07 Å². The van der Waals surface area contributed by atoms with Crippen LogP contribution in [0.3, 0.4) is 0 Å². The molecule has 1 aliphatic rings. The van der Waals surface area contributed by atoms with Gasteiger partial charge < -0.3 is 5.32 Å². The van der Waals surface area contributed by atoms with Gasteiger partial charge in [0.1, 0.15) is 5.82 Å². The molecule has 0 amide bonds. The number of halogens is 1. The van der Waals surface area contributed by atoms with Crippen molar-refractivity contribution in [1.82, 2.24) is 5.32 Å². The fourth-order valence-corrected chi connectivity index (χ4v) is 2.00. The van der Waals surface area contributed by atoms with Crippen LogP contribution >= 0.6 is 0 Å². The minimum absolute atomic E-state index is 0.0211. The van der Waals surface area contributed by atoms with Gasteiger partial charge in [-0.25, -0.2) is 4.39 Å². The molecule has 1 N–H and O–H groups in total. The van der Waals surface area contributed by atoms with E-state index in [-0.39, 0.29) is 11.2 Å². The second kappa shape index (κ2) is 3.60. The summed E-state index contributed by atoms with van der Waals surface area (Å²) in [5.74, 6) is -0.0288. The van der Waals surface area contributed by atoms with E-state index in [2.05, 4.69) is 32.2 Å². The third-order valence-corrected chi connectivity index (χ3v) is 3.02. The average Bonchev–Trinajstić information content (AvgIpc) is 2.16. The summed E-state index contributed by atoms with van der Waals surface area (Å²) in [6, 6.07) is 3.84. The van der Waals surface area contributed by atoms with E-state index in [1.807, 2.05) is 0 Å². The summed E-state index contributed by atoms with van der Waals surface area (Å²) in [5.41, 5.74) is 3.14. The molecule has 0 fully saturated rings. The van der Waals surface area contributed by atoms with Crippen LogP contribution in [0.1, 0.15) is 37.5 Å². The Labute approximate surface area is 90.7 Å². The summed E-state index contributed by atoms with van der Waals surface area (Å²) in [6.07, 6.45) is 0.811. The van der Waals surface area contributed by atoms with Crippen molar-refractivity contribution in [2.45, 2.75) is 39.2 Å². The quantitative estimate of drug-likeness (QED) is 0.689. The summed E-state index contributed by atoms with van der Waals surface area (Å²) < 4.78 is 13.8. The Hall–Kier alpha value is -0.890. The van der Waals surface area contributed by atoms with Gasteiger partial charge in [-0.05, 0) is 41.1 Å². The van der Waals surface area contributed by atoms with Crippen LogP contribution in [0.2, 0.25) is 0 Å². The predicted octanol–water partition coefficient (Wildman–Crippen LogP) is 2.77. The summed E-state index contributed by atoms with van der Waals surface area (Å²) in [5, 5.41) is 3.28. The normalized spacial score (nSPS) is 16.3. The first-order chi connectivity index (χ1) is 6.98. The number of hydrogen-bond acceptors (Lipinski definition) is 1. The van der Waals surface area contributed by atoms with E-state index >= 15 is 0 Å². The molecule has 82 valence electrons. The van der Waals surface area contributed by atoms with Crippen LogP contribution < -0.4 is 5.32 Å². The lowest BCUT2D eigenvalue weighted by Gasteiger charge is -2.24. The molecule has 2 rings (SSSR count). The number of rotatable bonds is 0. The zero-order valence-corrected chi connectivity index (χ0v) is 9.65. The SMILES string of the molecule is CC(C)(C)c1cc(F)c2c(c1)CNCC2. The smallest absolute Gasteiger partial charge is 0.127 e. The lowest BCUT2D eigenvalue weighted by atomic mass is 9.84. The molecule has 0 spiro atoms. The van der Waals surface area contributed by atoms with Crippen LogP contribution in [0.25, 0.3) is 0 Å². The highest BCUT2D eigenvalue weighted by atomic mass is 19.1. The van der Waals surface area contributed by atoms with Gasteiger partial charge in [-0.3, -0.25) is 0 Å². The van der Waals surface area contributed by atoms with E-state index in [0.717, 1.165) is 36.2 Å². The van der Waals surface area contributed by atoms with Gasteiger partial charge in [0, 0.05) is 6.54 Å². The topological polar surface area (TPSA) is 12.0 Å². The Morgan fingerprint density at radius 2 is 2.00 bits per heavy atom. The van der Waals surface area contributed by atoms with Crippen LogP contribution in [-0.4, -0.2) is 6.54 Å². The molecule has 1 nitrogen and oxygen atoms in total. The van der Waals surface area contributed by atoms with Crippen molar-refractivity contribution in [2.75, 3.05) is 6.54 Å². The second-order valence-corrected chi connectivity index (χ2v) is 5.27. The van der Waals surface area contributed by atoms with Crippen molar-refractivity contribution >= 4 is 0 Å². The highest BCUT2D eigenvalue weighted by molar-refractivity contribution is 5.37. The van der Waals surface area contributed by atoms with E-state index in [9.17, 15) is 4.39 Å². The molecule has 0 saturated heterocycles. The second-order valence-electron chi connectivity index (χ2n) is 5.27. The Morgan fingerprint density at radius 3 is 2.67 bits per heavy atom. The highest BCUT2D eigenvalue weighted by Crippen LogP contribution is 2.27. The molecule has 2 heteroatoms. The molecule has 1 aliphatic heterocycles. The molecule has 1 heterocycles. The highest BCUT2D eigenvalue weighted by Gasteiger charge is 2.20. The fourth-order valence-electron chi connectivity index (χ4n) is 2.00. The molecule has 0 atom stereocenters. The Bertz CT molecular complexity index is 377. The maximum atomic E-state index is 13.8. The maximum absolute atomic E-state index is 13.8. The Morgan fingerprint density at radius 1 is 1.27 bits per heavy atom. The van der Waals surface area contributed by atoms with Gasteiger partial charge in [0.15, 0.2) is 0 Å². The first-order valence-corrected chi connectivity index (χ1v) is 5.51. The van der Waals surface area contributed by atoms with Gasteiger partial charge in [-0.2, -0.15) is 0 Å². The number of benzene rings is 1. The molecule has 0 saturated carbocycles. The minimum atomic E-state index is -0.0288. The van der Waals surface area contributed by atoms with Gasteiger partial charge in [-0.1, -0.05) is 26.8 Å². The van der Waals surface area contributed by atoms with Gasteiger partial charge in [0.2, 0.25) is 0 Å². The van der Waals surface area contributed by atoms with E-state index in [4.69, 9.17) is 0 Å². The summed E-state index contributed by atoms with van der Waals surface area (Å²) >= 11 is 0. The van der Waals surface area contributed by atoms with Crippen molar-refractivity contribution < 1.29 is 4.39 Å². The van der Waals surface area contributed by atoms with Crippen LogP contribution in [0.5, 0.6) is 0 Å². The molecule has 0 radical (unpaired) electrons. The molecule has 0 aliphatic carbocycles. The van der Waals surface area contributed by atoms with Crippen molar-refractivity contribution in [2.24, 2.45) is 0 Å². The van der Waals surface area contributed by atoms with Crippen LogP contribution in [0, 0.1) is 5.82 Å². The lowest BCUT2D eigenvalue weighted by molar-refractivity contribution is 0.543. The van der Waals surface area contributed by atoms with Crippen molar-refractivity contribution in [1.29, 1.82) is 0 Å². The van der Waals surface area contributed by atoms with Gasteiger partial charge in [0.25, 0.3) is 0 Å². The van der Waals surface area contributed by atoms with Crippen molar-refractivity contribution in [3.8, 4) is 0 Å². The number of hydrogen-bond donors (Lipinski definition) is 1. The number of nitrogens with one attached hydrogen (secondary N) is 1. The van der Waals surface area contributed by atoms with E-state index in [0.29, 0.717) is 0 Å². The van der Waals surface area contributed by atoms with Crippen molar-refractivity contribution in [3.05, 3.63) is 34.6 Å². The zero-order valence-electron chi connectivity index (χ0n) is 9.65. The average molecular weight is 207 g/mol. The van der Waals surface area contributed by atoms with E-state index in [1.165, 1.54) is 0 Å². The first-order valence-electron chi connectivity index (χ1n) is 5.51. The number of fused-ring (bicyclic) bond motifs is 1. The lowest BCUT2D eigenvalue weighted by Crippen LogP contribution is -2.25. The molecule has 0 aromatic heterocycles. The van der Waals surface area contributed by atoms with Gasteiger partial charge in [0.05, 0.1) is 0 Å². The Kier molecular flexibility index (Phi) is 2.55. The molecule has 0 unspecified atom stereocenters. The van der Waals surface area contributed by atoms with Crippen LogP contribution in [0.15, 0.2) is 12.1 Å². The first kappa shape index (κ1) is 10.6. The van der Waals surface area contributed by atoms with Crippen LogP contribution in [0.4, 0.5) is 4.39 Å². The molecule has 15 heavy (non-hydrogen) atoms. The third-order valence-electron chi connectivity index (χ3n) is 3.02. The summed E-state index contributed by atoms with van der Waals surface area (Å²) in [6.45, 7) is 8.04. The zero-order chi connectivity index (χ0) is 11.1. The molecular weight excluding hydrogens is 189 g/mol. The summed E-state index contributed by atoms with van der Waals surface area (Å²) in [7, 11) is 0. The standard InChI is InChI=1S/C13H18FN/c1-13(2,3)10-6-9-8-15-5-4-11(9)12(14)7-10/h6-7,15H,4-5,8H2,1-3H3. The molecule has 1 aromatic rings. The molecule has 0 bridgehead atoms. The van der Waals surface area contributed by atoms with Gasteiger partial charge in [-0.15, -0.1) is 0 Å². The summed E-state index contributed by atoms with van der Waals surface area (Å²) in [4.78, 5) is 0. The minimum Gasteiger partial charge on any atom is -0.312 e. The predicted molar refractivity (Wildman–Crippen MR) is 60.5 cm³/mol.